The van der Waals surface area contributed by atoms with Gasteiger partial charge in [-0.15, -0.1) is 0 Å². The maximum atomic E-state index is 10.5. The maximum Gasteiger partial charge on any atom is 0.217 e. The minimum absolute atomic E-state index is 0.0253. The van der Waals surface area contributed by atoms with Gasteiger partial charge in [0.15, 0.2) is 0 Å². The molecule has 0 aliphatic rings. The molecule has 0 atom stereocenters. The van der Waals surface area contributed by atoms with Crippen molar-refractivity contribution in [1.29, 1.82) is 0 Å². The van der Waals surface area contributed by atoms with E-state index in [1.54, 1.807) is 6.20 Å². The summed E-state index contributed by atoms with van der Waals surface area (Å²) in [4.78, 5) is 17.7. The number of aromatic nitrogens is 2. The van der Waals surface area contributed by atoms with Crippen LogP contribution in [0.1, 0.15) is 25.4 Å². The van der Waals surface area contributed by atoms with Crippen molar-refractivity contribution >= 4 is 5.91 Å². The number of hydrogen-bond donors (Lipinski definition) is 2. The molecule has 0 unspecified atom stereocenters. The summed E-state index contributed by atoms with van der Waals surface area (Å²) in [6, 6.07) is 0. The fourth-order valence-corrected chi connectivity index (χ4v) is 0.895. The number of hydrogen-bond acceptors (Lipinski definition) is 2. The second-order valence-corrected chi connectivity index (χ2v) is 2.62. The molecule has 1 amide bonds. The molecule has 0 fully saturated rings. The van der Waals surface area contributed by atoms with Gasteiger partial charge in [-0.1, -0.05) is 6.92 Å². The molecule has 4 nitrogen and oxygen atoms in total. The van der Waals surface area contributed by atoms with Crippen LogP contribution in [0.3, 0.4) is 0 Å². The smallest absolute Gasteiger partial charge is 0.217 e. The molecule has 0 saturated carbocycles. The third-order valence-electron chi connectivity index (χ3n) is 1.54. The van der Waals surface area contributed by atoms with E-state index in [-0.39, 0.29) is 5.91 Å². The van der Waals surface area contributed by atoms with Crippen LogP contribution in [-0.2, 0) is 17.8 Å². The van der Waals surface area contributed by atoms with Gasteiger partial charge >= 0.3 is 0 Å². The first kappa shape index (κ1) is 8.77. The summed E-state index contributed by atoms with van der Waals surface area (Å²) >= 11 is 0. The fourth-order valence-electron chi connectivity index (χ4n) is 0.895. The molecule has 1 aromatic heterocycles. The van der Waals surface area contributed by atoms with Crippen LogP contribution in [-0.4, -0.2) is 15.9 Å². The Labute approximate surface area is 71.4 Å². The summed E-state index contributed by atoms with van der Waals surface area (Å²) in [5.41, 5.74) is 0.946. The summed E-state index contributed by atoms with van der Waals surface area (Å²) < 4.78 is 0. The van der Waals surface area contributed by atoms with Crippen LogP contribution in [0.4, 0.5) is 0 Å². The number of aromatic amines is 1. The molecule has 1 heterocycles. The Morgan fingerprint density at radius 1 is 1.75 bits per heavy atom. The largest absolute Gasteiger partial charge is 0.351 e. The lowest BCUT2D eigenvalue weighted by Crippen LogP contribution is -2.19. The Morgan fingerprint density at radius 3 is 3.00 bits per heavy atom. The summed E-state index contributed by atoms with van der Waals surface area (Å²) in [5.74, 6) is 0.929. The van der Waals surface area contributed by atoms with Crippen LogP contribution >= 0.6 is 0 Å². The average molecular weight is 167 g/mol. The average Bonchev–Trinajstić information content (AvgIpc) is 2.48. The highest BCUT2D eigenvalue weighted by Crippen LogP contribution is 1.96. The third-order valence-corrected chi connectivity index (χ3v) is 1.54. The van der Waals surface area contributed by atoms with Crippen molar-refractivity contribution < 1.29 is 4.79 Å². The van der Waals surface area contributed by atoms with Gasteiger partial charge in [-0.2, -0.15) is 0 Å². The number of carbonyl (C=O) groups excluding carboxylic acids is 1. The number of aryl methyl sites for hydroxylation is 1. The van der Waals surface area contributed by atoms with Gasteiger partial charge in [0.2, 0.25) is 5.91 Å². The Hall–Kier alpha value is -1.32. The lowest BCUT2D eigenvalue weighted by molar-refractivity contribution is -0.119. The van der Waals surface area contributed by atoms with E-state index >= 15 is 0 Å². The van der Waals surface area contributed by atoms with E-state index < -0.39 is 0 Å². The molecule has 2 N–H and O–H groups in total. The predicted molar refractivity (Wildman–Crippen MR) is 45.5 cm³/mol. The van der Waals surface area contributed by atoms with Crippen LogP contribution in [0.25, 0.3) is 0 Å². The molecule has 1 rings (SSSR count). The van der Waals surface area contributed by atoms with Gasteiger partial charge in [0.05, 0.1) is 18.4 Å². The number of imidazole rings is 1. The standard InChI is InChI=1S/C8H13N3O/c1-3-8-10-5-7(11-8)4-9-6(2)12/h5H,3-4H2,1-2H3,(H,9,12)(H,10,11). The summed E-state index contributed by atoms with van der Waals surface area (Å²) in [6.07, 6.45) is 2.63. The topological polar surface area (TPSA) is 57.8 Å². The van der Waals surface area contributed by atoms with E-state index in [1.165, 1.54) is 6.92 Å². The van der Waals surface area contributed by atoms with Crippen molar-refractivity contribution in [1.82, 2.24) is 15.3 Å². The van der Waals surface area contributed by atoms with Gasteiger partial charge in [-0.05, 0) is 0 Å². The van der Waals surface area contributed by atoms with E-state index in [0.717, 1.165) is 17.9 Å². The second kappa shape index (κ2) is 3.90. The van der Waals surface area contributed by atoms with Gasteiger partial charge in [0, 0.05) is 13.3 Å². The first-order valence-corrected chi connectivity index (χ1v) is 3.99. The van der Waals surface area contributed by atoms with E-state index in [9.17, 15) is 4.79 Å². The number of H-pyrrole nitrogens is 1. The minimum atomic E-state index is -0.0253. The lowest BCUT2D eigenvalue weighted by Gasteiger charge is -1.97. The monoisotopic (exact) mass is 167 g/mol. The maximum absolute atomic E-state index is 10.5. The Morgan fingerprint density at radius 2 is 2.50 bits per heavy atom. The lowest BCUT2D eigenvalue weighted by atomic mass is 10.4. The molecule has 0 aliphatic carbocycles. The van der Waals surface area contributed by atoms with Gasteiger partial charge in [-0.3, -0.25) is 4.79 Å². The molecule has 0 saturated heterocycles. The number of rotatable bonds is 3. The Balaban J connectivity index is 2.47. The molecule has 1 aromatic rings. The third kappa shape index (κ3) is 2.38. The van der Waals surface area contributed by atoms with Crippen molar-refractivity contribution in [3.05, 3.63) is 17.7 Å². The van der Waals surface area contributed by atoms with Gasteiger partial charge < -0.3 is 10.3 Å². The Bertz CT molecular complexity index is 267. The number of amides is 1. The highest BCUT2D eigenvalue weighted by Gasteiger charge is 1.98. The quantitative estimate of drug-likeness (QED) is 0.693. The van der Waals surface area contributed by atoms with Crippen LogP contribution in [0.15, 0.2) is 6.20 Å². The normalized spacial score (nSPS) is 9.83. The van der Waals surface area contributed by atoms with Crippen molar-refractivity contribution in [2.75, 3.05) is 0 Å². The SMILES string of the molecule is CCc1ncc(CNC(C)=O)[nH]1. The van der Waals surface area contributed by atoms with Gasteiger partial charge in [0.25, 0.3) is 0 Å². The van der Waals surface area contributed by atoms with E-state index in [2.05, 4.69) is 15.3 Å². The van der Waals surface area contributed by atoms with Crippen molar-refractivity contribution in [3.8, 4) is 0 Å². The first-order valence-electron chi connectivity index (χ1n) is 3.99. The number of carbonyl (C=O) groups is 1. The molecule has 0 bridgehead atoms. The molecule has 0 aliphatic heterocycles. The predicted octanol–water partition coefficient (Wildman–Crippen LogP) is 0.608. The van der Waals surface area contributed by atoms with E-state index in [0.29, 0.717) is 6.54 Å². The van der Waals surface area contributed by atoms with Crippen molar-refractivity contribution in [2.24, 2.45) is 0 Å². The highest BCUT2D eigenvalue weighted by molar-refractivity contribution is 5.72. The number of nitrogens with zero attached hydrogens (tertiary/aromatic N) is 1. The van der Waals surface area contributed by atoms with Gasteiger partial charge in [0.1, 0.15) is 5.82 Å². The molecule has 0 radical (unpaired) electrons. The second-order valence-electron chi connectivity index (χ2n) is 2.62. The molecule has 12 heavy (non-hydrogen) atoms. The molecule has 4 heteroatoms. The molecule has 0 spiro atoms. The molecule has 0 aromatic carbocycles. The summed E-state index contributed by atoms with van der Waals surface area (Å²) in [5, 5.41) is 2.69. The van der Waals surface area contributed by atoms with Gasteiger partial charge in [-0.25, -0.2) is 4.98 Å². The van der Waals surface area contributed by atoms with Crippen LogP contribution in [0.5, 0.6) is 0 Å². The molecule has 66 valence electrons. The van der Waals surface area contributed by atoms with E-state index in [1.807, 2.05) is 6.92 Å². The fraction of sp³-hybridized carbons (Fsp3) is 0.500. The zero-order chi connectivity index (χ0) is 8.97. The molecular weight excluding hydrogens is 154 g/mol. The van der Waals surface area contributed by atoms with Crippen LogP contribution in [0, 0.1) is 0 Å². The summed E-state index contributed by atoms with van der Waals surface area (Å²) in [6.45, 7) is 4.06. The highest BCUT2D eigenvalue weighted by atomic mass is 16.1. The van der Waals surface area contributed by atoms with Crippen LogP contribution < -0.4 is 5.32 Å². The van der Waals surface area contributed by atoms with Crippen molar-refractivity contribution in [2.45, 2.75) is 26.8 Å². The molecular formula is C8H13N3O. The first-order chi connectivity index (χ1) is 5.72. The van der Waals surface area contributed by atoms with Crippen molar-refractivity contribution in [3.63, 3.8) is 0 Å². The van der Waals surface area contributed by atoms with E-state index in [4.69, 9.17) is 0 Å². The zero-order valence-electron chi connectivity index (χ0n) is 7.35. The van der Waals surface area contributed by atoms with Crippen LogP contribution in [0.2, 0.25) is 0 Å². The zero-order valence-corrected chi connectivity index (χ0v) is 7.35. The summed E-state index contributed by atoms with van der Waals surface area (Å²) in [7, 11) is 0. The minimum Gasteiger partial charge on any atom is -0.351 e. The number of nitrogens with one attached hydrogen (secondary N) is 2. The Kier molecular flexibility index (Phi) is 2.85.